The molecule has 0 aliphatic carbocycles. The van der Waals surface area contributed by atoms with Crippen molar-refractivity contribution in [1.82, 2.24) is 5.16 Å². The molecule has 0 unspecified atom stereocenters. The van der Waals surface area contributed by atoms with Gasteiger partial charge in [-0.1, -0.05) is 58.7 Å². The Morgan fingerprint density at radius 2 is 1.84 bits per heavy atom. The fourth-order valence-electron chi connectivity index (χ4n) is 2.40. The maximum absolute atomic E-state index is 12.2. The minimum Gasteiger partial charge on any atom is -0.465 e. The lowest BCUT2D eigenvalue weighted by atomic mass is 10.1. The minimum atomic E-state index is -0.516. The van der Waals surface area contributed by atoms with Gasteiger partial charge >= 0.3 is 5.97 Å². The van der Waals surface area contributed by atoms with Gasteiger partial charge in [0.1, 0.15) is 5.69 Å². The van der Waals surface area contributed by atoms with Crippen molar-refractivity contribution in [2.45, 2.75) is 13.5 Å². The third-order valence-electron chi connectivity index (χ3n) is 3.77. The van der Waals surface area contributed by atoms with E-state index in [9.17, 15) is 4.79 Å². The summed E-state index contributed by atoms with van der Waals surface area (Å²) < 4.78 is 10.2. The summed E-state index contributed by atoms with van der Waals surface area (Å²) in [6.45, 7) is 2.53. The van der Waals surface area contributed by atoms with Gasteiger partial charge in [0.05, 0.1) is 7.11 Å². The molecule has 128 valence electrons. The van der Waals surface area contributed by atoms with Crippen molar-refractivity contribution < 1.29 is 14.1 Å². The van der Waals surface area contributed by atoms with E-state index in [1.807, 2.05) is 31.2 Å². The highest BCUT2D eigenvalue weighted by Gasteiger charge is 2.24. The second-order valence-corrected chi connectivity index (χ2v) is 6.01. The summed E-state index contributed by atoms with van der Waals surface area (Å²) in [4.78, 5) is 12.2. The van der Waals surface area contributed by atoms with Crippen LogP contribution < -0.4 is 5.32 Å². The van der Waals surface area contributed by atoms with Crippen LogP contribution >= 0.6 is 11.6 Å². The topological polar surface area (TPSA) is 64.4 Å². The molecule has 1 heterocycles. The van der Waals surface area contributed by atoms with Crippen molar-refractivity contribution in [1.29, 1.82) is 0 Å². The number of nitrogens with one attached hydrogen (secondary N) is 1. The van der Waals surface area contributed by atoms with Gasteiger partial charge in [0.2, 0.25) is 5.88 Å². The second-order valence-electron chi connectivity index (χ2n) is 5.57. The maximum Gasteiger partial charge on any atom is 0.345 e. The van der Waals surface area contributed by atoms with Gasteiger partial charge in [0.25, 0.3) is 0 Å². The Balaban J connectivity index is 1.89. The van der Waals surface area contributed by atoms with Gasteiger partial charge in [-0.05, 0) is 24.6 Å². The summed E-state index contributed by atoms with van der Waals surface area (Å²) in [5.74, 6) is -0.241. The number of methoxy groups -OCH3 is 1. The lowest BCUT2D eigenvalue weighted by Gasteiger charge is -2.06. The molecule has 0 spiro atoms. The number of halogens is 1. The summed E-state index contributed by atoms with van der Waals surface area (Å²) in [5, 5.41) is 7.74. The van der Waals surface area contributed by atoms with Gasteiger partial charge in [0, 0.05) is 17.1 Å². The third kappa shape index (κ3) is 3.83. The molecule has 0 aliphatic heterocycles. The molecule has 3 aromatic rings. The lowest BCUT2D eigenvalue weighted by Crippen LogP contribution is -2.07. The molecule has 0 fully saturated rings. The highest BCUT2D eigenvalue weighted by Crippen LogP contribution is 2.30. The van der Waals surface area contributed by atoms with Gasteiger partial charge in [-0.3, -0.25) is 0 Å². The minimum absolute atomic E-state index is 0.261. The van der Waals surface area contributed by atoms with Crippen LogP contribution in [0.1, 0.15) is 21.5 Å². The zero-order valence-corrected chi connectivity index (χ0v) is 14.6. The van der Waals surface area contributed by atoms with E-state index in [2.05, 4.69) is 10.5 Å². The number of hydrogen-bond acceptors (Lipinski definition) is 5. The van der Waals surface area contributed by atoms with Crippen LogP contribution in [0, 0.1) is 6.92 Å². The van der Waals surface area contributed by atoms with Crippen LogP contribution in [0.25, 0.3) is 11.3 Å². The molecule has 5 nitrogen and oxygen atoms in total. The molecule has 1 aromatic heterocycles. The smallest absolute Gasteiger partial charge is 0.345 e. The molecule has 3 rings (SSSR count). The summed E-state index contributed by atoms with van der Waals surface area (Å²) >= 11 is 5.91. The van der Waals surface area contributed by atoms with Gasteiger partial charge in [-0.25, -0.2) is 4.79 Å². The molecule has 6 heteroatoms. The van der Waals surface area contributed by atoms with Gasteiger partial charge in [-0.15, -0.1) is 0 Å². The Bertz CT molecular complexity index is 871. The average molecular weight is 357 g/mol. The molecular weight excluding hydrogens is 340 g/mol. The van der Waals surface area contributed by atoms with Crippen LogP contribution in [0.3, 0.4) is 0 Å². The number of anilines is 1. The molecule has 0 radical (unpaired) electrons. The Hall–Kier alpha value is -2.79. The quantitative estimate of drug-likeness (QED) is 0.671. The van der Waals surface area contributed by atoms with Crippen LogP contribution in [0.5, 0.6) is 0 Å². The SMILES string of the molecule is COC(=O)c1c(-c2ccc(Cl)cc2)noc1NCc1ccc(C)cc1. The highest BCUT2D eigenvalue weighted by atomic mass is 35.5. The molecule has 0 amide bonds. The van der Waals surface area contributed by atoms with Gasteiger partial charge < -0.3 is 14.6 Å². The molecule has 25 heavy (non-hydrogen) atoms. The summed E-state index contributed by atoms with van der Waals surface area (Å²) in [7, 11) is 1.32. The first-order valence-corrected chi connectivity index (χ1v) is 8.09. The fourth-order valence-corrected chi connectivity index (χ4v) is 2.52. The van der Waals surface area contributed by atoms with E-state index in [-0.39, 0.29) is 11.4 Å². The first-order valence-electron chi connectivity index (χ1n) is 7.72. The van der Waals surface area contributed by atoms with E-state index in [1.54, 1.807) is 24.3 Å². The van der Waals surface area contributed by atoms with E-state index >= 15 is 0 Å². The number of ether oxygens (including phenoxy) is 1. The number of carbonyl (C=O) groups is 1. The summed E-state index contributed by atoms with van der Waals surface area (Å²) in [6.07, 6.45) is 0. The predicted molar refractivity (Wildman–Crippen MR) is 96.8 cm³/mol. The number of nitrogens with zero attached hydrogens (tertiary/aromatic N) is 1. The van der Waals surface area contributed by atoms with E-state index in [0.717, 1.165) is 11.1 Å². The molecule has 0 aliphatic rings. The number of benzene rings is 2. The first-order chi connectivity index (χ1) is 12.1. The summed E-state index contributed by atoms with van der Waals surface area (Å²) in [6, 6.07) is 15.1. The van der Waals surface area contributed by atoms with Crippen molar-refractivity contribution >= 4 is 23.5 Å². The first kappa shape index (κ1) is 17.0. The number of esters is 1. The third-order valence-corrected chi connectivity index (χ3v) is 4.02. The van der Waals surface area contributed by atoms with Crippen LogP contribution in [-0.2, 0) is 11.3 Å². The van der Waals surface area contributed by atoms with E-state index in [1.165, 1.54) is 12.7 Å². The van der Waals surface area contributed by atoms with Crippen LogP contribution in [0.4, 0.5) is 5.88 Å². The van der Waals surface area contributed by atoms with E-state index in [4.69, 9.17) is 20.9 Å². The molecule has 0 saturated carbocycles. The standard InChI is InChI=1S/C19H17ClN2O3/c1-12-3-5-13(6-4-12)11-21-18-16(19(23)24-2)17(22-25-18)14-7-9-15(20)10-8-14/h3-10,21H,11H2,1-2H3. The highest BCUT2D eigenvalue weighted by molar-refractivity contribution is 6.30. The van der Waals surface area contributed by atoms with Crippen LogP contribution in [0.2, 0.25) is 5.02 Å². The number of aryl methyl sites for hydroxylation is 1. The average Bonchev–Trinajstić information content (AvgIpc) is 3.05. The monoisotopic (exact) mass is 356 g/mol. The Kier molecular flexibility index (Phi) is 5.05. The number of hydrogen-bond donors (Lipinski definition) is 1. The second kappa shape index (κ2) is 7.40. The van der Waals surface area contributed by atoms with Gasteiger partial charge in [0.15, 0.2) is 5.56 Å². The largest absolute Gasteiger partial charge is 0.465 e. The normalized spacial score (nSPS) is 10.5. The van der Waals surface area contributed by atoms with Crippen molar-refractivity contribution in [3.63, 3.8) is 0 Å². The fraction of sp³-hybridized carbons (Fsp3) is 0.158. The van der Waals surface area contributed by atoms with E-state index in [0.29, 0.717) is 17.3 Å². The zero-order chi connectivity index (χ0) is 17.8. The number of carbonyl (C=O) groups excluding carboxylic acids is 1. The molecular formula is C19H17ClN2O3. The number of aromatic nitrogens is 1. The van der Waals surface area contributed by atoms with E-state index < -0.39 is 5.97 Å². The maximum atomic E-state index is 12.2. The molecule has 0 bridgehead atoms. The molecule has 0 atom stereocenters. The number of rotatable bonds is 5. The van der Waals surface area contributed by atoms with Crippen molar-refractivity contribution in [3.05, 3.63) is 70.2 Å². The van der Waals surface area contributed by atoms with Crippen molar-refractivity contribution in [2.24, 2.45) is 0 Å². The molecule has 1 N–H and O–H groups in total. The predicted octanol–water partition coefficient (Wildman–Crippen LogP) is 4.70. The Morgan fingerprint density at radius 1 is 1.16 bits per heavy atom. The Labute approximate surface area is 150 Å². The zero-order valence-electron chi connectivity index (χ0n) is 13.9. The van der Waals surface area contributed by atoms with Gasteiger partial charge in [-0.2, -0.15) is 0 Å². The molecule has 2 aromatic carbocycles. The van der Waals surface area contributed by atoms with Crippen molar-refractivity contribution in [3.8, 4) is 11.3 Å². The molecule has 0 saturated heterocycles. The van der Waals surface area contributed by atoms with Crippen LogP contribution in [-0.4, -0.2) is 18.2 Å². The Morgan fingerprint density at radius 3 is 2.48 bits per heavy atom. The van der Waals surface area contributed by atoms with Crippen LogP contribution in [0.15, 0.2) is 53.1 Å². The lowest BCUT2D eigenvalue weighted by molar-refractivity contribution is 0.0602. The van der Waals surface area contributed by atoms with Crippen molar-refractivity contribution in [2.75, 3.05) is 12.4 Å². The summed E-state index contributed by atoms with van der Waals surface area (Å²) in [5.41, 5.74) is 3.64.